The number of allylic oxidation sites excluding steroid dienone is 4. The molecule has 1 N–H and O–H groups in total. The molecule has 0 saturated carbocycles. The van der Waals surface area contributed by atoms with Crippen LogP contribution in [-0.2, 0) is 0 Å². The summed E-state index contributed by atoms with van der Waals surface area (Å²) < 4.78 is 0. The van der Waals surface area contributed by atoms with Crippen molar-refractivity contribution in [1.82, 2.24) is 5.32 Å². The fourth-order valence-corrected chi connectivity index (χ4v) is 1.08. The van der Waals surface area contributed by atoms with Gasteiger partial charge < -0.3 is 5.32 Å². The van der Waals surface area contributed by atoms with Gasteiger partial charge in [0.05, 0.1) is 0 Å². The van der Waals surface area contributed by atoms with Crippen LogP contribution in [0.25, 0.3) is 0 Å². The van der Waals surface area contributed by atoms with Gasteiger partial charge in [-0.2, -0.15) is 0 Å². The van der Waals surface area contributed by atoms with E-state index in [2.05, 4.69) is 31.5 Å². The lowest BCUT2D eigenvalue weighted by molar-refractivity contribution is 0.751. The van der Waals surface area contributed by atoms with E-state index in [0.29, 0.717) is 6.04 Å². The van der Waals surface area contributed by atoms with Crippen molar-refractivity contribution in [2.45, 2.75) is 13.0 Å². The molecule has 1 heterocycles. The fourth-order valence-electron chi connectivity index (χ4n) is 1.08. The molecule has 0 radical (unpaired) electrons. The molecule has 0 aliphatic carbocycles. The lowest BCUT2D eigenvalue weighted by Gasteiger charge is -2.16. The molecule has 11 heavy (non-hydrogen) atoms. The average Bonchev–Trinajstić information content (AvgIpc) is 2.04. The van der Waals surface area contributed by atoms with E-state index in [1.54, 1.807) is 0 Å². The first-order valence-corrected chi connectivity index (χ1v) is 3.71. The van der Waals surface area contributed by atoms with Gasteiger partial charge in [-0.1, -0.05) is 31.4 Å². The van der Waals surface area contributed by atoms with E-state index in [0.717, 1.165) is 11.1 Å². The summed E-state index contributed by atoms with van der Waals surface area (Å²) in [6.45, 7) is 9.54. The summed E-state index contributed by atoms with van der Waals surface area (Å²) in [5.41, 5.74) is 2.27. The quantitative estimate of drug-likeness (QED) is 0.631. The van der Waals surface area contributed by atoms with Crippen LogP contribution >= 0.6 is 0 Å². The van der Waals surface area contributed by atoms with Gasteiger partial charge in [-0.15, -0.1) is 0 Å². The maximum atomic E-state index is 3.73. The normalized spacial score (nSPS) is 22.8. The van der Waals surface area contributed by atoms with Crippen molar-refractivity contribution in [3.63, 3.8) is 0 Å². The van der Waals surface area contributed by atoms with Crippen LogP contribution < -0.4 is 5.32 Å². The standard InChI is InChI=1S/C10H13N/c1-4-9-6-8(3)11-7-10(9)5-2/h4-8,11H,1-2H2,3H3. The van der Waals surface area contributed by atoms with E-state index in [9.17, 15) is 0 Å². The first-order chi connectivity index (χ1) is 5.27. The molecule has 0 spiro atoms. The third kappa shape index (κ3) is 1.61. The molecule has 1 nitrogen and oxygen atoms in total. The summed E-state index contributed by atoms with van der Waals surface area (Å²) in [7, 11) is 0. The van der Waals surface area contributed by atoms with Crippen molar-refractivity contribution in [1.29, 1.82) is 0 Å². The first kappa shape index (κ1) is 7.86. The topological polar surface area (TPSA) is 12.0 Å². The molecular weight excluding hydrogens is 134 g/mol. The highest BCUT2D eigenvalue weighted by Crippen LogP contribution is 2.15. The predicted octanol–water partition coefficient (Wildman–Crippen LogP) is 2.16. The van der Waals surface area contributed by atoms with Crippen LogP contribution in [0.2, 0.25) is 0 Å². The van der Waals surface area contributed by atoms with E-state index in [-0.39, 0.29) is 0 Å². The fraction of sp³-hybridized carbons (Fsp3) is 0.200. The van der Waals surface area contributed by atoms with Crippen molar-refractivity contribution in [3.05, 3.63) is 48.7 Å². The van der Waals surface area contributed by atoms with Crippen LogP contribution in [-0.4, -0.2) is 6.04 Å². The van der Waals surface area contributed by atoms with Crippen LogP contribution in [0.4, 0.5) is 0 Å². The Morgan fingerprint density at radius 2 is 2.00 bits per heavy atom. The molecule has 0 saturated heterocycles. The number of hydrogen-bond donors (Lipinski definition) is 1. The Kier molecular flexibility index (Phi) is 2.32. The highest BCUT2D eigenvalue weighted by Gasteiger charge is 2.05. The van der Waals surface area contributed by atoms with Gasteiger partial charge >= 0.3 is 0 Å². The zero-order valence-corrected chi connectivity index (χ0v) is 6.80. The summed E-state index contributed by atoms with van der Waals surface area (Å²) >= 11 is 0. The minimum atomic E-state index is 0.395. The SMILES string of the molecule is C=CC1=CNC(C)C=C1C=C. The van der Waals surface area contributed by atoms with Gasteiger partial charge in [0.1, 0.15) is 0 Å². The van der Waals surface area contributed by atoms with Gasteiger partial charge in [0.15, 0.2) is 0 Å². The third-order valence-electron chi connectivity index (χ3n) is 1.70. The molecule has 1 rings (SSSR count). The Bertz CT molecular complexity index is 233. The number of rotatable bonds is 2. The summed E-state index contributed by atoms with van der Waals surface area (Å²) in [5.74, 6) is 0. The largest absolute Gasteiger partial charge is 0.384 e. The van der Waals surface area contributed by atoms with E-state index < -0.39 is 0 Å². The minimum absolute atomic E-state index is 0.395. The van der Waals surface area contributed by atoms with Crippen molar-refractivity contribution in [2.24, 2.45) is 0 Å². The summed E-state index contributed by atoms with van der Waals surface area (Å²) in [5, 5.41) is 3.19. The van der Waals surface area contributed by atoms with Crippen LogP contribution in [0.1, 0.15) is 6.92 Å². The average molecular weight is 147 g/mol. The first-order valence-electron chi connectivity index (χ1n) is 3.71. The second-order valence-electron chi connectivity index (χ2n) is 2.59. The van der Waals surface area contributed by atoms with Crippen LogP contribution in [0.3, 0.4) is 0 Å². The number of hydrogen-bond acceptors (Lipinski definition) is 1. The van der Waals surface area contributed by atoms with Gasteiger partial charge in [-0.25, -0.2) is 0 Å². The molecule has 0 aromatic heterocycles. The highest BCUT2D eigenvalue weighted by molar-refractivity contribution is 5.47. The zero-order valence-electron chi connectivity index (χ0n) is 6.80. The summed E-state index contributed by atoms with van der Waals surface area (Å²) in [6.07, 6.45) is 7.77. The number of nitrogens with one attached hydrogen (secondary N) is 1. The molecule has 1 atom stereocenters. The maximum Gasteiger partial charge on any atom is 0.0419 e. The summed E-state index contributed by atoms with van der Waals surface area (Å²) in [6, 6.07) is 0.395. The van der Waals surface area contributed by atoms with Crippen molar-refractivity contribution >= 4 is 0 Å². The second-order valence-corrected chi connectivity index (χ2v) is 2.59. The van der Waals surface area contributed by atoms with Gasteiger partial charge in [-0.3, -0.25) is 0 Å². The van der Waals surface area contributed by atoms with Gasteiger partial charge in [0.25, 0.3) is 0 Å². The zero-order chi connectivity index (χ0) is 8.27. The van der Waals surface area contributed by atoms with Crippen LogP contribution in [0.5, 0.6) is 0 Å². The Labute approximate surface area is 67.8 Å². The van der Waals surface area contributed by atoms with Crippen LogP contribution in [0, 0.1) is 0 Å². The molecule has 0 aromatic carbocycles. The Morgan fingerprint density at radius 1 is 1.36 bits per heavy atom. The molecule has 0 aromatic rings. The van der Waals surface area contributed by atoms with Crippen molar-refractivity contribution in [2.75, 3.05) is 0 Å². The smallest absolute Gasteiger partial charge is 0.0419 e. The predicted molar refractivity (Wildman–Crippen MR) is 49.2 cm³/mol. The third-order valence-corrected chi connectivity index (χ3v) is 1.70. The van der Waals surface area contributed by atoms with Gasteiger partial charge in [0, 0.05) is 12.2 Å². The molecular formula is C10H13N. The van der Waals surface area contributed by atoms with E-state index in [4.69, 9.17) is 0 Å². The minimum Gasteiger partial charge on any atom is -0.384 e. The maximum absolute atomic E-state index is 3.73. The number of dihydropyridines is 1. The van der Waals surface area contributed by atoms with Gasteiger partial charge in [-0.05, 0) is 18.1 Å². The molecule has 1 aliphatic rings. The highest BCUT2D eigenvalue weighted by atomic mass is 14.9. The second kappa shape index (κ2) is 3.24. The van der Waals surface area contributed by atoms with E-state index >= 15 is 0 Å². The molecule has 1 unspecified atom stereocenters. The van der Waals surface area contributed by atoms with E-state index in [1.807, 2.05) is 18.4 Å². The molecule has 0 fully saturated rings. The molecule has 0 amide bonds. The van der Waals surface area contributed by atoms with E-state index in [1.165, 1.54) is 0 Å². The summed E-state index contributed by atoms with van der Waals surface area (Å²) in [4.78, 5) is 0. The molecule has 58 valence electrons. The van der Waals surface area contributed by atoms with Crippen molar-refractivity contribution in [3.8, 4) is 0 Å². The van der Waals surface area contributed by atoms with Crippen LogP contribution in [0.15, 0.2) is 48.7 Å². The van der Waals surface area contributed by atoms with Gasteiger partial charge in [0.2, 0.25) is 0 Å². The molecule has 1 aliphatic heterocycles. The lowest BCUT2D eigenvalue weighted by Crippen LogP contribution is -2.22. The molecule has 0 bridgehead atoms. The Hall–Kier alpha value is -1.24. The Morgan fingerprint density at radius 3 is 2.55 bits per heavy atom. The Balaban J connectivity index is 2.90. The lowest BCUT2D eigenvalue weighted by atomic mass is 10.0. The monoisotopic (exact) mass is 147 g/mol. The van der Waals surface area contributed by atoms with Crippen molar-refractivity contribution < 1.29 is 0 Å². The molecule has 1 heteroatoms.